The van der Waals surface area contributed by atoms with Gasteiger partial charge < -0.3 is 0 Å². The average Bonchev–Trinajstić information content (AvgIpc) is 2.20. The van der Waals surface area contributed by atoms with Crippen LogP contribution in [0.5, 0.6) is 0 Å². The maximum atomic E-state index is 11.5. The number of carbonyl (C=O) groups excluding carboxylic acids is 1. The average molecular weight is 186 g/mol. The van der Waals surface area contributed by atoms with E-state index >= 15 is 0 Å². The van der Waals surface area contributed by atoms with Gasteiger partial charge in [-0.05, 0) is 36.9 Å². The smallest absolute Gasteiger partial charge is 0.131 e. The van der Waals surface area contributed by atoms with Gasteiger partial charge in [0.15, 0.2) is 0 Å². The van der Waals surface area contributed by atoms with Crippen LogP contribution in [0, 0.1) is 13.8 Å². The van der Waals surface area contributed by atoms with Gasteiger partial charge in [0.1, 0.15) is 5.78 Å². The van der Waals surface area contributed by atoms with Gasteiger partial charge in [-0.15, -0.1) is 0 Å². The summed E-state index contributed by atoms with van der Waals surface area (Å²) in [4.78, 5) is 11.5. The fraction of sp³-hybridized carbons (Fsp3) is 0.417. The van der Waals surface area contributed by atoms with Gasteiger partial charge in [0.25, 0.3) is 0 Å². The number of ketones is 1. The summed E-state index contributed by atoms with van der Waals surface area (Å²) in [5.74, 6) is 0.0126. The normalized spacial score (nSPS) is 12.5. The van der Waals surface area contributed by atoms with Crippen molar-refractivity contribution in [1.29, 1.82) is 0 Å². The van der Waals surface area contributed by atoms with Crippen molar-refractivity contribution < 1.29 is 4.79 Å². The van der Waals surface area contributed by atoms with E-state index in [4.69, 9.17) is 7.85 Å². The molecule has 0 spiro atoms. The summed E-state index contributed by atoms with van der Waals surface area (Å²) >= 11 is 0. The van der Waals surface area contributed by atoms with E-state index in [0.29, 0.717) is 0 Å². The molecule has 1 atom stereocenters. The minimum absolute atomic E-state index is 0.0834. The van der Waals surface area contributed by atoms with Crippen LogP contribution >= 0.6 is 0 Å². The van der Waals surface area contributed by atoms with Crippen molar-refractivity contribution >= 4 is 13.6 Å². The van der Waals surface area contributed by atoms with E-state index in [1.807, 2.05) is 26.0 Å². The summed E-state index contributed by atoms with van der Waals surface area (Å²) in [6, 6.07) is 6.04. The minimum Gasteiger partial charge on any atom is -0.300 e. The predicted molar refractivity (Wildman–Crippen MR) is 59.9 cm³/mol. The maximum Gasteiger partial charge on any atom is 0.131 e. The van der Waals surface area contributed by atoms with Gasteiger partial charge in [0.05, 0.1) is 7.85 Å². The zero-order valence-electron chi connectivity index (χ0n) is 9.00. The molecule has 72 valence electrons. The number of benzene rings is 1. The topological polar surface area (TPSA) is 17.1 Å². The zero-order chi connectivity index (χ0) is 10.7. The van der Waals surface area contributed by atoms with Crippen LogP contribution in [0.15, 0.2) is 18.2 Å². The van der Waals surface area contributed by atoms with Gasteiger partial charge in [-0.1, -0.05) is 25.1 Å². The fourth-order valence-electron chi connectivity index (χ4n) is 1.59. The van der Waals surface area contributed by atoms with E-state index in [1.165, 1.54) is 11.1 Å². The lowest BCUT2D eigenvalue weighted by atomic mass is 9.85. The van der Waals surface area contributed by atoms with E-state index in [2.05, 4.69) is 13.0 Å². The van der Waals surface area contributed by atoms with Crippen molar-refractivity contribution in [2.75, 3.05) is 0 Å². The van der Waals surface area contributed by atoms with Crippen molar-refractivity contribution in [2.24, 2.45) is 0 Å². The molecular formula is C12H15BO. The molecule has 0 fully saturated rings. The van der Waals surface area contributed by atoms with Crippen molar-refractivity contribution in [3.63, 3.8) is 0 Å². The van der Waals surface area contributed by atoms with Crippen LogP contribution in [0.3, 0.4) is 0 Å². The predicted octanol–water partition coefficient (Wildman–Crippen LogP) is 2.56. The second-order valence-electron chi connectivity index (χ2n) is 3.68. The first kappa shape index (κ1) is 11.0. The van der Waals surface area contributed by atoms with E-state index in [9.17, 15) is 4.79 Å². The van der Waals surface area contributed by atoms with Crippen LogP contribution in [0.4, 0.5) is 0 Å². The highest BCUT2D eigenvalue weighted by atomic mass is 16.1. The molecule has 1 rings (SSSR count). The molecular weight excluding hydrogens is 171 g/mol. The molecule has 0 N–H and O–H groups in total. The van der Waals surface area contributed by atoms with Gasteiger partial charge in [-0.3, -0.25) is 4.79 Å². The van der Waals surface area contributed by atoms with Crippen molar-refractivity contribution in [3.8, 4) is 0 Å². The first-order chi connectivity index (χ1) is 6.57. The van der Waals surface area contributed by atoms with Crippen molar-refractivity contribution in [2.45, 2.75) is 33.0 Å². The SMILES string of the molecule is [B]CC(=O)C(C)c1cccc(C)c1C. The molecule has 1 aromatic carbocycles. The summed E-state index contributed by atoms with van der Waals surface area (Å²) in [5, 5.41) is 0. The minimum atomic E-state index is -0.0834. The fourth-order valence-corrected chi connectivity index (χ4v) is 1.59. The molecule has 0 aliphatic heterocycles. The first-order valence-electron chi connectivity index (χ1n) is 4.86. The molecule has 0 saturated carbocycles. The Morgan fingerprint density at radius 2 is 2.07 bits per heavy atom. The highest BCUT2D eigenvalue weighted by Gasteiger charge is 2.15. The number of hydrogen-bond acceptors (Lipinski definition) is 1. The molecule has 1 unspecified atom stereocenters. The van der Waals surface area contributed by atoms with Crippen LogP contribution in [0.25, 0.3) is 0 Å². The van der Waals surface area contributed by atoms with Crippen LogP contribution in [-0.2, 0) is 4.79 Å². The van der Waals surface area contributed by atoms with Crippen molar-refractivity contribution in [1.82, 2.24) is 0 Å². The Labute approximate surface area is 86.9 Å². The second-order valence-corrected chi connectivity index (χ2v) is 3.68. The molecule has 0 aromatic heterocycles. The van der Waals surface area contributed by atoms with Gasteiger partial charge in [-0.2, -0.15) is 0 Å². The molecule has 0 aliphatic rings. The summed E-state index contributed by atoms with van der Waals surface area (Å²) < 4.78 is 0. The molecule has 14 heavy (non-hydrogen) atoms. The maximum absolute atomic E-state index is 11.5. The van der Waals surface area contributed by atoms with E-state index in [1.54, 1.807) is 0 Å². The second kappa shape index (κ2) is 4.45. The lowest BCUT2D eigenvalue weighted by molar-refractivity contribution is -0.118. The molecule has 2 radical (unpaired) electrons. The Morgan fingerprint density at radius 1 is 1.43 bits per heavy atom. The Bertz CT molecular complexity index is 344. The van der Waals surface area contributed by atoms with Gasteiger partial charge in [0, 0.05) is 5.92 Å². The number of rotatable bonds is 3. The molecule has 0 heterocycles. The molecule has 0 aliphatic carbocycles. The number of hydrogen-bond donors (Lipinski definition) is 0. The van der Waals surface area contributed by atoms with Crippen LogP contribution in [0.2, 0.25) is 6.32 Å². The summed E-state index contributed by atoms with van der Waals surface area (Å²) in [7, 11) is 5.35. The lowest BCUT2D eigenvalue weighted by Crippen LogP contribution is -2.09. The standard InChI is InChI=1S/C12H15BO/c1-8-5-4-6-11(9(8)2)10(3)12(14)7-13/h4-6,10H,7H2,1-3H3. The largest absolute Gasteiger partial charge is 0.300 e. The summed E-state index contributed by atoms with van der Waals surface area (Å²) in [5.41, 5.74) is 3.52. The van der Waals surface area contributed by atoms with Crippen LogP contribution < -0.4 is 0 Å². The monoisotopic (exact) mass is 186 g/mol. The number of carbonyl (C=O) groups is 1. The van der Waals surface area contributed by atoms with E-state index in [-0.39, 0.29) is 18.0 Å². The van der Waals surface area contributed by atoms with E-state index in [0.717, 1.165) is 5.56 Å². The third-order valence-corrected chi connectivity index (χ3v) is 2.80. The van der Waals surface area contributed by atoms with Gasteiger partial charge in [-0.25, -0.2) is 0 Å². The molecule has 1 aromatic rings. The van der Waals surface area contributed by atoms with Gasteiger partial charge in [0.2, 0.25) is 0 Å². The Hall–Kier alpha value is -1.05. The molecule has 0 amide bonds. The van der Waals surface area contributed by atoms with E-state index < -0.39 is 0 Å². The summed E-state index contributed by atoms with van der Waals surface area (Å²) in [6.45, 7) is 6.01. The zero-order valence-corrected chi connectivity index (χ0v) is 9.00. The molecule has 2 heteroatoms. The Morgan fingerprint density at radius 3 is 2.64 bits per heavy atom. The van der Waals surface area contributed by atoms with Gasteiger partial charge >= 0.3 is 0 Å². The quantitative estimate of drug-likeness (QED) is 0.663. The lowest BCUT2D eigenvalue weighted by Gasteiger charge is -2.14. The Kier molecular flexibility index (Phi) is 3.51. The first-order valence-corrected chi connectivity index (χ1v) is 4.86. The van der Waals surface area contributed by atoms with Crippen LogP contribution in [-0.4, -0.2) is 13.6 Å². The summed E-state index contributed by atoms with van der Waals surface area (Å²) in [6.07, 6.45) is 0.120. The van der Waals surface area contributed by atoms with Crippen LogP contribution in [0.1, 0.15) is 29.5 Å². The molecule has 1 nitrogen and oxygen atoms in total. The highest BCUT2D eigenvalue weighted by molar-refractivity contribution is 6.21. The molecule has 0 bridgehead atoms. The highest BCUT2D eigenvalue weighted by Crippen LogP contribution is 2.23. The number of aryl methyl sites for hydroxylation is 1. The van der Waals surface area contributed by atoms with Crippen molar-refractivity contribution in [3.05, 3.63) is 34.9 Å². The third kappa shape index (κ3) is 2.06. The molecule has 0 saturated heterocycles. The Balaban J connectivity index is 3.07. The number of Topliss-reactive ketones (excluding diaryl/α,β-unsaturated/α-hetero) is 1. The third-order valence-electron chi connectivity index (χ3n) is 2.80.